The summed E-state index contributed by atoms with van der Waals surface area (Å²) in [4.78, 5) is 0. The third-order valence-corrected chi connectivity index (χ3v) is 2.72. The van der Waals surface area contributed by atoms with Crippen LogP contribution in [0.4, 0.5) is 0 Å². The van der Waals surface area contributed by atoms with Crippen LogP contribution in [0.3, 0.4) is 0 Å². The Hall–Kier alpha value is -1.62. The van der Waals surface area contributed by atoms with E-state index < -0.39 is 0 Å². The molecule has 0 atom stereocenters. The van der Waals surface area contributed by atoms with E-state index in [-0.39, 0.29) is 5.41 Å². The first-order valence-electron chi connectivity index (χ1n) is 6.10. The number of nitrogens with zero attached hydrogens (tertiary/aromatic N) is 3. The zero-order valence-electron chi connectivity index (χ0n) is 11.4. The molecule has 0 saturated carbocycles. The minimum absolute atomic E-state index is 0.0600. The van der Waals surface area contributed by atoms with Gasteiger partial charge in [-0.05, 0) is 0 Å². The molecule has 18 heavy (non-hydrogen) atoms. The molecule has 0 bridgehead atoms. The van der Waals surface area contributed by atoms with Crippen LogP contribution < -0.4 is 5.32 Å². The summed E-state index contributed by atoms with van der Waals surface area (Å²) < 4.78 is 6.91. The molecule has 0 radical (unpaired) electrons. The molecule has 2 heterocycles. The van der Waals surface area contributed by atoms with E-state index in [1.165, 1.54) is 5.56 Å². The van der Waals surface area contributed by atoms with Gasteiger partial charge < -0.3 is 9.84 Å². The van der Waals surface area contributed by atoms with Gasteiger partial charge in [-0.1, -0.05) is 25.9 Å². The van der Waals surface area contributed by atoms with E-state index in [4.69, 9.17) is 4.52 Å². The Morgan fingerprint density at radius 2 is 2.11 bits per heavy atom. The van der Waals surface area contributed by atoms with Crippen molar-refractivity contribution < 1.29 is 4.52 Å². The van der Waals surface area contributed by atoms with Crippen molar-refractivity contribution in [3.63, 3.8) is 0 Å². The first-order valence-corrected chi connectivity index (χ1v) is 6.10. The van der Waals surface area contributed by atoms with E-state index in [2.05, 4.69) is 42.5 Å². The number of hydrogen-bond donors (Lipinski definition) is 1. The zero-order valence-corrected chi connectivity index (χ0v) is 11.4. The van der Waals surface area contributed by atoms with Crippen molar-refractivity contribution in [3.8, 4) is 0 Å². The van der Waals surface area contributed by atoms with Crippen LogP contribution in [0.1, 0.15) is 37.8 Å². The van der Waals surface area contributed by atoms with Gasteiger partial charge in [0.15, 0.2) is 0 Å². The number of aromatic nitrogens is 3. The van der Waals surface area contributed by atoms with Crippen molar-refractivity contribution in [2.45, 2.75) is 39.3 Å². The largest absolute Gasteiger partial charge is 0.360 e. The second kappa shape index (κ2) is 4.94. The molecule has 0 amide bonds. The van der Waals surface area contributed by atoms with Crippen molar-refractivity contribution in [2.24, 2.45) is 7.05 Å². The van der Waals surface area contributed by atoms with E-state index in [9.17, 15) is 0 Å². The van der Waals surface area contributed by atoms with E-state index in [1.807, 2.05) is 17.8 Å². The minimum Gasteiger partial charge on any atom is -0.360 e. The van der Waals surface area contributed by atoms with Gasteiger partial charge in [-0.15, -0.1) is 0 Å². The lowest BCUT2D eigenvalue weighted by Gasteiger charge is -2.17. The summed E-state index contributed by atoms with van der Waals surface area (Å²) in [5.74, 6) is 0.844. The third-order valence-electron chi connectivity index (χ3n) is 2.72. The van der Waals surface area contributed by atoms with Gasteiger partial charge in [0.1, 0.15) is 5.76 Å². The van der Waals surface area contributed by atoms with Crippen LogP contribution in [0.25, 0.3) is 0 Å². The molecule has 0 unspecified atom stereocenters. The van der Waals surface area contributed by atoms with Gasteiger partial charge in [0.05, 0.1) is 18.4 Å². The highest BCUT2D eigenvalue weighted by atomic mass is 16.5. The summed E-state index contributed by atoms with van der Waals surface area (Å²) in [5, 5.41) is 11.6. The molecule has 0 saturated heterocycles. The lowest BCUT2D eigenvalue weighted by molar-refractivity contribution is 0.372. The standard InChI is InChI=1S/C13H20N4O/c1-13(2,3)12-10(9-17(4)16-12)7-14-8-11-5-6-15-18-11/h5-6,9,14H,7-8H2,1-4H3. The van der Waals surface area contributed by atoms with E-state index in [1.54, 1.807) is 6.20 Å². The van der Waals surface area contributed by atoms with Gasteiger partial charge in [0, 0.05) is 36.8 Å². The van der Waals surface area contributed by atoms with Gasteiger partial charge in [0.2, 0.25) is 0 Å². The molecule has 0 aromatic carbocycles. The van der Waals surface area contributed by atoms with Crippen LogP contribution in [0.15, 0.2) is 23.0 Å². The van der Waals surface area contributed by atoms with Crippen molar-refractivity contribution in [2.75, 3.05) is 0 Å². The summed E-state index contributed by atoms with van der Waals surface area (Å²) in [7, 11) is 1.95. The topological polar surface area (TPSA) is 55.9 Å². The molecule has 1 N–H and O–H groups in total. The molecule has 0 aliphatic carbocycles. The maximum Gasteiger partial charge on any atom is 0.150 e. The third kappa shape index (κ3) is 2.98. The Kier molecular flexibility index (Phi) is 3.52. The highest BCUT2D eigenvalue weighted by Gasteiger charge is 2.21. The molecule has 0 aliphatic heterocycles. The zero-order chi connectivity index (χ0) is 13.2. The first kappa shape index (κ1) is 12.8. The van der Waals surface area contributed by atoms with Crippen LogP contribution in [0.5, 0.6) is 0 Å². The number of rotatable bonds is 4. The Morgan fingerprint density at radius 3 is 2.72 bits per heavy atom. The highest BCUT2D eigenvalue weighted by molar-refractivity contribution is 5.23. The average Bonchev–Trinajstić information content (AvgIpc) is 2.87. The SMILES string of the molecule is Cn1cc(CNCc2ccno2)c(C(C)(C)C)n1. The van der Waals surface area contributed by atoms with E-state index in [0.717, 1.165) is 18.0 Å². The molecule has 5 nitrogen and oxygen atoms in total. The van der Waals surface area contributed by atoms with Crippen LogP contribution in [-0.2, 0) is 25.6 Å². The smallest absolute Gasteiger partial charge is 0.150 e. The molecule has 0 fully saturated rings. The number of aryl methyl sites for hydroxylation is 1. The molecular weight excluding hydrogens is 228 g/mol. The average molecular weight is 248 g/mol. The van der Waals surface area contributed by atoms with Crippen LogP contribution >= 0.6 is 0 Å². The second-order valence-electron chi connectivity index (χ2n) is 5.51. The summed E-state index contributed by atoms with van der Waals surface area (Å²) in [6.07, 6.45) is 3.72. The second-order valence-corrected chi connectivity index (χ2v) is 5.51. The van der Waals surface area contributed by atoms with Gasteiger partial charge in [0.25, 0.3) is 0 Å². The molecule has 2 aromatic rings. The van der Waals surface area contributed by atoms with E-state index >= 15 is 0 Å². The quantitative estimate of drug-likeness (QED) is 0.899. The Bertz CT molecular complexity index is 494. The maximum atomic E-state index is 5.04. The van der Waals surface area contributed by atoms with Crippen LogP contribution in [0, 0.1) is 0 Å². The summed E-state index contributed by atoms with van der Waals surface area (Å²) in [6.45, 7) is 7.99. The fourth-order valence-corrected chi connectivity index (χ4v) is 1.95. The lowest BCUT2D eigenvalue weighted by Crippen LogP contribution is -2.18. The normalized spacial score (nSPS) is 12.0. The lowest BCUT2D eigenvalue weighted by atomic mass is 9.89. The molecule has 2 rings (SSSR count). The van der Waals surface area contributed by atoms with Crippen molar-refractivity contribution in [1.29, 1.82) is 0 Å². The van der Waals surface area contributed by atoms with E-state index in [0.29, 0.717) is 6.54 Å². The Morgan fingerprint density at radius 1 is 1.33 bits per heavy atom. The van der Waals surface area contributed by atoms with Crippen molar-refractivity contribution in [3.05, 3.63) is 35.5 Å². The molecule has 0 spiro atoms. The molecule has 2 aromatic heterocycles. The Labute approximate surface area is 107 Å². The van der Waals surface area contributed by atoms with Crippen LogP contribution in [0.2, 0.25) is 0 Å². The fourth-order valence-electron chi connectivity index (χ4n) is 1.95. The van der Waals surface area contributed by atoms with Gasteiger partial charge in [-0.25, -0.2) is 0 Å². The minimum atomic E-state index is 0.0600. The maximum absolute atomic E-state index is 5.04. The van der Waals surface area contributed by atoms with Crippen molar-refractivity contribution in [1.82, 2.24) is 20.3 Å². The predicted octanol–water partition coefficient (Wildman–Crippen LogP) is 2.00. The molecule has 0 aliphatic rings. The van der Waals surface area contributed by atoms with Gasteiger partial charge in [-0.2, -0.15) is 5.10 Å². The monoisotopic (exact) mass is 248 g/mol. The summed E-state index contributed by atoms with van der Waals surface area (Å²) in [5.41, 5.74) is 2.42. The predicted molar refractivity (Wildman–Crippen MR) is 69.0 cm³/mol. The summed E-state index contributed by atoms with van der Waals surface area (Å²) in [6, 6.07) is 1.86. The number of nitrogens with one attached hydrogen (secondary N) is 1. The Balaban J connectivity index is 2.01. The first-order chi connectivity index (χ1) is 8.47. The molecule has 5 heteroatoms. The highest BCUT2D eigenvalue weighted by Crippen LogP contribution is 2.23. The molecular formula is C13H20N4O. The van der Waals surface area contributed by atoms with Crippen LogP contribution in [-0.4, -0.2) is 14.9 Å². The van der Waals surface area contributed by atoms with Gasteiger partial charge in [-0.3, -0.25) is 4.68 Å². The van der Waals surface area contributed by atoms with Crippen molar-refractivity contribution >= 4 is 0 Å². The fraction of sp³-hybridized carbons (Fsp3) is 0.538. The number of hydrogen-bond acceptors (Lipinski definition) is 4. The van der Waals surface area contributed by atoms with Gasteiger partial charge >= 0.3 is 0 Å². The molecule has 98 valence electrons. The summed E-state index contributed by atoms with van der Waals surface area (Å²) >= 11 is 0.